The van der Waals surface area contributed by atoms with Crippen LogP contribution in [-0.4, -0.2) is 48.0 Å². The molecule has 1 aliphatic rings. The van der Waals surface area contributed by atoms with Gasteiger partial charge in [-0.15, -0.1) is 0 Å². The summed E-state index contributed by atoms with van der Waals surface area (Å²) in [5.74, 6) is 0. The smallest absolute Gasteiger partial charge is 0.410 e. The van der Waals surface area contributed by atoms with Gasteiger partial charge in [-0.25, -0.2) is 4.79 Å². The minimum atomic E-state index is -0.798. The fourth-order valence-electron chi connectivity index (χ4n) is 3.12. The van der Waals surface area contributed by atoms with Crippen LogP contribution < -0.4 is 0 Å². The van der Waals surface area contributed by atoms with Gasteiger partial charge in [0.25, 0.3) is 0 Å². The molecule has 0 aliphatic carbocycles. The number of hydrogen-bond donors (Lipinski definition) is 1. The maximum Gasteiger partial charge on any atom is 0.410 e. The standard InChI is InChI=1S/C20H23NO4/c22-15-20(13-17-7-3-1-4-8-17)16-24-12-11-21(20)19(23)25-14-18-9-5-2-6-10-18/h1-10,22H,11-16H2. The summed E-state index contributed by atoms with van der Waals surface area (Å²) in [6.45, 7) is 1.17. The highest BCUT2D eigenvalue weighted by Gasteiger charge is 2.43. The van der Waals surface area contributed by atoms with E-state index in [1.165, 1.54) is 0 Å². The molecule has 1 heterocycles. The van der Waals surface area contributed by atoms with Gasteiger partial charge in [0, 0.05) is 13.0 Å². The molecule has 132 valence electrons. The van der Waals surface area contributed by atoms with Crippen LogP contribution in [-0.2, 0) is 22.5 Å². The highest BCUT2D eigenvalue weighted by molar-refractivity contribution is 5.69. The molecule has 0 bridgehead atoms. The topological polar surface area (TPSA) is 59.0 Å². The Labute approximate surface area is 147 Å². The van der Waals surface area contributed by atoms with E-state index in [-0.39, 0.29) is 13.2 Å². The average Bonchev–Trinajstić information content (AvgIpc) is 2.68. The Hall–Kier alpha value is -2.37. The third-order valence-electron chi connectivity index (χ3n) is 4.50. The number of rotatable bonds is 5. The molecule has 2 aromatic carbocycles. The maximum absolute atomic E-state index is 12.7. The summed E-state index contributed by atoms with van der Waals surface area (Å²) < 4.78 is 11.1. The zero-order chi connectivity index (χ0) is 17.5. The molecule has 1 aliphatic heterocycles. The number of carbonyl (C=O) groups excluding carboxylic acids is 1. The van der Waals surface area contributed by atoms with E-state index in [4.69, 9.17) is 9.47 Å². The lowest BCUT2D eigenvalue weighted by Gasteiger charge is -2.45. The fraction of sp³-hybridized carbons (Fsp3) is 0.350. The van der Waals surface area contributed by atoms with Crippen molar-refractivity contribution < 1.29 is 19.4 Å². The molecule has 1 N–H and O–H groups in total. The first kappa shape index (κ1) is 17.5. The van der Waals surface area contributed by atoms with E-state index in [1.54, 1.807) is 4.90 Å². The van der Waals surface area contributed by atoms with Gasteiger partial charge in [-0.1, -0.05) is 60.7 Å². The van der Waals surface area contributed by atoms with Crippen molar-refractivity contribution in [2.45, 2.75) is 18.6 Å². The number of nitrogens with zero attached hydrogens (tertiary/aromatic N) is 1. The second-order valence-electron chi connectivity index (χ2n) is 6.29. The molecule has 5 heteroatoms. The monoisotopic (exact) mass is 341 g/mol. The van der Waals surface area contributed by atoms with Crippen LogP contribution in [0.1, 0.15) is 11.1 Å². The van der Waals surface area contributed by atoms with Gasteiger partial charge >= 0.3 is 6.09 Å². The minimum absolute atomic E-state index is 0.178. The van der Waals surface area contributed by atoms with E-state index in [2.05, 4.69) is 0 Å². The number of benzene rings is 2. The van der Waals surface area contributed by atoms with Crippen LogP contribution in [0.3, 0.4) is 0 Å². The molecule has 1 amide bonds. The van der Waals surface area contributed by atoms with Crippen LogP contribution in [0.15, 0.2) is 60.7 Å². The molecule has 0 saturated carbocycles. The van der Waals surface area contributed by atoms with E-state index in [0.717, 1.165) is 11.1 Å². The van der Waals surface area contributed by atoms with Gasteiger partial charge in [0.1, 0.15) is 6.61 Å². The van der Waals surface area contributed by atoms with Gasteiger partial charge in [-0.3, -0.25) is 4.90 Å². The lowest BCUT2D eigenvalue weighted by Crippen LogP contribution is -2.62. The molecular formula is C20H23NO4. The predicted octanol–water partition coefficient (Wildman–Crippen LogP) is 2.63. The Kier molecular flexibility index (Phi) is 5.68. The first-order valence-corrected chi connectivity index (χ1v) is 8.44. The van der Waals surface area contributed by atoms with Gasteiger partial charge in [-0.05, 0) is 11.1 Å². The van der Waals surface area contributed by atoms with Crippen molar-refractivity contribution in [3.05, 3.63) is 71.8 Å². The SMILES string of the molecule is O=C(OCc1ccccc1)N1CCOCC1(CO)Cc1ccccc1. The number of hydrogen-bond acceptors (Lipinski definition) is 4. The normalized spacial score (nSPS) is 20.3. The quantitative estimate of drug-likeness (QED) is 0.908. The third kappa shape index (κ3) is 4.18. The predicted molar refractivity (Wildman–Crippen MR) is 94.1 cm³/mol. The van der Waals surface area contributed by atoms with Gasteiger partial charge < -0.3 is 14.6 Å². The highest BCUT2D eigenvalue weighted by Crippen LogP contribution is 2.26. The van der Waals surface area contributed by atoms with Crippen molar-refractivity contribution in [2.24, 2.45) is 0 Å². The zero-order valence-corrected chi connectivity index (χ0v) is 14.1. The number of ether oxygens (including phenoxy) is 2. The molecule has 0 spiro atoms. The Morgan fingerprint density at radius 1 is 1.08 bits per heavy atom. The van der Waals surface area contributed by atoms with Crippen LogP contribution in [0.2, 0.25) is 0 Å². The van der Waals surface area contributed by atoms with Crippen molar-refractivity contribution in [3.63, 3.8) is 0 Å². The average molecular weight is 341 g/mol. The van der Waals surface area contributed by atoms with E-state index < -0.39 is 11.6 Å². The molecule has 1 fully saturated rings. The molecule has 1 saturated heterocycles. The first-order chi connectivity index (χ1) is 12.2. The number of amides is 1. The first-order valence-electron chi connectivity index (χ1n) is 8.44. The summed E-state index contributed by atoms with van der Waals surface area (Å²) in [5.41, 5.74) is 1.18. The van der Waals surface area contributed by atoms with E-state index in [0.29, 0.717) is 26.2 Å². The van der Waals surface area contributed by atoms with Crippen LogP contribution in [0.4, 0.5) is 4.79 Å². The fourth-order valence-corrected chi connectivity index (χ4v) is 3.12. The summed E-state index contributed by atoms with van der Waals surface area (Å²) in [4.78, 5) is 14.3. The maximum atomic E-state index is 12.7. The lowest BCUT2D eigenvalue weighted by atomic mass is 9.89. The van der Waals surface area contributed by atoms with E-state index >= 15 is 0 Å². The molecular weight excluding hydrogens is 318 g/mol. The van der Waals surface area contributed by atoms with Gasteiger partial charge in [-0.2, -0.15) is 0 Å². The minimum Gasteiger partial charge on any atom is -0.445 e. The number of carbonyl (C=O) groups is 1. The van der Waals surface area contributed by atoms with Gasteiger partial charge in [0.2, 0.25) is 0 Å². The molecule has 2 aromatic rings. The Bertz CT molecular complexity index is 677. The number of aliphatic hydroxyl groups excluding tert-OH is 1. The highest BCUT2D eigenvalue weighted by atomic mass is 16.6. The molecule has 25 heavy (non-hydrogen) atoms. The number of morpholine rings is 1. The summed E-state index contributed by atoms with van der Waals surface area (Å²) >= 11 is 0. The molecule has 3 rings (SSSR count). The van der Waals surface area contributed by atoms with Crippen LogP contribution >= 0.6 is 0 Å². The van der Waals surface area contributed by atoms with Crippen LogP contribution in [0.5, 0.6) is 0 Å². The Morgan fingerprint density at radius 3 is 2.36 bits per heavy atom. The Morgan fingerprint density at radius 2 is 1.72 bits per heavy atom. The van der Waals surface area contributed by atoms with Gasteiger partial charge in [0.05, 0.1) is 25.4 Å². The second kappa shape index (κ2) is 8.14. The third-order valence-corrected chi connectivity index (χ3v) is 4.50. The van der Waals surface area contributed by atoms with Crippen molar-refractivity contribution in [1.29, 1.82) is 0 Å². The summed E-state index contributed by atoms with van der Waals surface area (Å²) in [5, 5.41) is 10.1. The van der Waals surface area contributed by atoms with Crippen molar-refractivity contribution >= 4 is 6.09 Å². The number of aliphatic hydroxyl groups is 1. The largest absolute Gasteiger partial charge is 0.445 e. The lowest BCUT2D eigenvalue weighted by molar-refractivity contribution is -0.0834. The van der Waals surface area contributed by atoms with E-state index in [1.807, 2.05) is 60.7 Å². The summed E-state index contributed by atoms with van der Waals surface area (Å²) in [6.07, 6.45) is 0.0993. The summed E-state index contributed by atoms with van der Waals surface area (Å²) in [6, 6.07) is 19.4. The van der Waals surface area contributed by atoms with E-state index in [9.17, 15) is 9.90 Å². The second-order valence-corrected chi connectivity index (χ2v) is 6.29. The van der Waals surface area contributed by atoms with Crippen LogP contribution in [0, 0.1) is 0 Å². The van der Waals surface area contributed by atoms with Crippen molar-refractivity contribution in [2.75, 3.05) is 26.4 Å². The summed E-state index contributed by atoms with van der Waals surface area (Å²) in [7, 11) is 0. The molecule has 0 aromatic heterocycles. The van der Waals surface area contributed by atoms with Crippen LogP contribution in [0.25, 0.3) is 0 Å². The van der Waals surface area contributed by atoms with Gasteiger partial charge in [0.15, 0.2) is 0 Å². The molecule has 0 radical (unpaired) electrons. The molecule has 1 atom stereocenters. The van der Waals surface area contributed by atoms with Crippen molar-refractivity contribution in [3.8, 4) is 0 Å². The molecule has 1 unspecified atom stereocenters. The zero-order valence-electron chi connectivity index (χ0n) is 14.1. The Balaban J connectivity index is 1.73. The molecule has 5 nitrogen and oxygen atoms in total. The van der Waals surface area contributed by atoms with Crippen molar-refractivity contribution in [1.82, 2.24) is 4.90 Å².